The van der Waals surface area contributed by atoms with E-state index in [1.54, 1.807) is 34.9 Å². The van der Waals surface area contributed by atoms with Crippen LogP contribution in [0.5, 0.6) is 0 Å². The molecule has 4 rings (SSSR count). The fraction of sp³-hybridized carbons (Fsp3) is 0.190. The number of carbonyl (C=O) groups is 2. The van der Waals surface area contributed by atoms with Crippen molar-refractivity contribution in [3.05, 3.63) is 69.8 Å². The first kappa shape index (κ1) is 18.7. The molecule has 0 fully saturated rings. The fourth-order valence-electron chi connectivity index (χ4n) is 3.97. The zero-order valence-electron chi connectivity index (χ0n) is 15.6. The van der Waals surface area contributed by atoms with Crippen LogP contribution < -0.4 is 16.1 Å². The number of hydrogen-bond donors (Lipinski definition) is 2. The number of carbonyl (C=O) groups excluding carboxylic acids is 1. The predicted octanol–water partition coefficient (Wildman–Crippen LogP) is 3.56. The molecule has 148 valence electrons. The van der Waals surface area contributed by atoms with Crippen molar-refractivity contribution in [2.24, 2.45) is 5.73 Å². The van der Waals surface area contributed by atoms with Gasteiger partial charge < -0.3 is 15.4 Å². The second kappa shape index (κ2) is 6.73. The van der Waals surface area contributed by atoms with E-state index in [9.17, 15) is 19.5 Å². The summed E-state index contributed by atoms with van der Waals surface area (Å²) < 4.78 is 17.0. The Labute approximate surface area is 164 Å². The number of carboxylic acid groups (broad SMARTS) is 1. The lowest BCUT2D eigenvalue weighted by Gasteiger charge is -2.31. The Hall–Kier alpha value is -3.68. The van der Waals surface area contributed by atoms with Gasteiger partial charge >= 0.3 is 12.0 Å². The molecule has 0 radical (unpaired) electrons. The first-order valence-electron chi connectivity index (χ1n) is 9.09. The molecular weight excluding hydrogens is 377 g/mol. The minimum Gasteiger partial charge on any atom is -0.477 e. The maximum absolute atomic E-state index is 15.3. The van der Waals surface area contributed by atoms with Crippen molar-refractivity contribution in [3.8, 4) is 0 Å². The van der Waals surface area contributed by atoms with E-state index in [1.807, 2.05) is 6.92 Å². The van der Waals surface area contributed by atoms with Crippen molar-refractivity contribution in [2.75, 3.05) is 4.90 Å². The number of pyridine rings is 1. The molecule has 29 heavy (non-hydrogen) atoms. The lowest BCUT2D eigenvalue weighted by Crippen LogP contribution is -2.34. The Morgan fingerprint density at radius 1 is 1.28 bits per heavy atom. The molecule has 0 saturated heterocycles. The summed E-state index contributed by atoms with van der Waals surface area (Å²) in [6, 6.07) is 8.47. The number of primary amides is 1. The number of halogens is 1. The molecule has 0 spiro atoms. The summed E-state index contributed by atoms with van der Waals surface area (Å²) in [7, 11) is 0. The minimum absolute atomic E-state index is 0.0145. The normalized spacial score (nSPS) is 15.3. The van der Waals surface area contributed by atoms with Crippen LogP contribution in [0.1, 0.15) is 35.3 Å². The van der Waals surface area contributed by atoms with Gasteiger partial charge in [-0.25, -0.2) is 14.0 Å². The van der Waals surface area contributed by atoms with Gasteiger partial charge in [-0.2, -0.15) is 0 Å². The van der Waals surface area contributed by atoms with Gasteiger partial charge in [-0.05, 0) is 38.0 Å². The minimum atomic E-state index is -1.37. The van der Waals surface area contributed by atoms with Crippen LogP contribution in [0.4, 0.5) is 20.6 Å². The Morgan fingerprint density at radius 3 is 2.59 bits per heavy atom. The number of rotatable bonds is 3. The molecule has 2 amide bonds. The third kappa shape index (κ3) is 2.84. The summed E-state index contributed by atoms with van der Waals surface area (Å²) in [5.74, 6) is -2.18. The number of amides is 2. The molecule has 0 saturated carbocycles. The molecule has 0 bridgehead atoms. The fourth-order valence-corrected chi connectivity index (χ4v) is 3.97. The number of nitrogens with two attached hydrogens (primary N) is 1. The van der Waals surface area contributed by atoms with Gasteiger partial charge in [0.2, 0.25) is 5.43 Å². The number of benzene rings is 2. The van der Waals surface area contributed by atoms with Crippen LogP contribution in [-0.4, -0.2) is 21.7 Å². The molecule has 7 nitrogen and oxygen atoms in total. The zero-order valence-corrected chi connectivity index (χ0v) is 15.6. The van der Waals surface area contributed by atoms with Crippen molar-refractivity contribution in [1.82, 2.24) is 4.57 Å². The summed E-state index contributed by atoms with van der Waals surface area (Å²) in [6.45, 7) is 1.89. The molecular formula is C21H18FN3O4. The SMILES string of the molecule is CC1CCc2c(N(C(N)=O)c3ccccc3)c(F)cc3c(=O)c(C(=O)O)cn1c23. The van der Waals surface area contributed by atoms with Gasteiger partial charge in [0.1, 0.15) is 11.4 Å². The molecule has 2 aromatic carbocycles. The second-order valence-electron chi connectivity index (χ2n) is 7.06. The standard InChI is InChI=1S/C21H18FN3O4/c1-11-7-8-13-17-14(19(26)15(20(27)28)10-24(11)17)9-16(22)18(13)25(21(23)29)12-5-3-2-4-6-12/h2-6,9-11H,7-8H2,1H3,(H2,23,29)(H,27,28). The largest absolute Gasteiger partial charge is 0.477 e. The molecule has 1 atom stereocenters. The van der Waals surface area contributed by atoms with Crippen LogP contribution >= 0.6 is 0 Å². The van der Waals surface area contributed by atoms with Gasteiger partial charge in [0.05, 0.1) is 16.9 Å². The highest BCUT2D eigenvalue weighted by Gasteiger charge is 2.30. The number of hydrogen-bond acceptors (Lipinski definition) is 3. The van der Waals surface area contributed by atoms with E-state index in [-0.39, 0.29) is 17.1 Å². The average molecular weight is 395 g/mol. The maximum atomic E-state index is 15.3. The summed E-state index contributed by atoms with van der Waals surface area (Å²) >= 11 is 0. The topological polar surface area (TPSA) is 106 Å². The van der Waals surface area contributed by atoms with Crippen LogP contribution in [0.15, 0.2) is 47.4 Å². The van der Waals surface area contributed by atoms with Crippen molar-refractivity contribution < 1.29 is 19.1 Å². The molecule has 1 unspecified atom stereocenters. The van der Waals surface area contributed by atoms with Crippen molar-refractivity contribution in [3.63, 3.8) is 0 Å². The molecule has 2 heterocycles. The molecule has 1 aromatic heterocycles. The van der Waals surface area contributed by atoms with Gasteiger partial charge in [-0.15, -0.1) is 0 Å². The first-order valence-corrected chi connectivity index (χ1v) is 9.09. The highest BCUT2D eigenvalue weighted by Crippen LogP contribution is 2.40. The van der Waals surface area contributed by atoms with Crippen molar-refractivity contribution >= 4 is 34.3 Å². The highest BCUT2D eigenvalue weighted by atomic mass is 19.1. The Balaban J connectivity index is 2.12. The van der Waals surface area contributed by atoms with E-state index in [0.29, 0.717) is 29.6 Å². The number of aromatic nitrogens is 1. The number of aryl methyl sites for hydroxylation is 1. The van der Waals surface area contributed by atoms with Crippen LogP contribution in [0.2, 0.25) is 0 Å². The van der Waals surface area contributed by atoms with E-state index < -0.39 is 28.8 Å². The van der Waals surface area contributed by atoms with E-state index in [2.05, 4.69) is 0 Å². The number of aromatic carboxylic acids is 1. The van der Waals surface area contributed by atoms with Crippen LogP contribution in [0.3, 0.4) is 0 Å². The van der Waals surface area contributed by atoms with Crippen LogP contribution in [0, 0.1) is 5.82 Å². The van der Waals surface area contributed by atoms with Gasteiger partial charge in [0, 0.05) is 23.2 Å². The second-order valence-corrected chi connectivity index (χ2v) is 7.06. The Kier molecular flexibility index (Phi) is 4.34. The van der Waals surface area contributed by atoms with Crippen molar-refractivity contribution in [2.45, 2.75) is 25.8 Å². The van der Waals surface area contributed by atoms with E-state index in [4.69, 9.17) is 5.73 Å². The lowest BCUT2D eigenvalue weighted by atomic mass is 9.93. The molecule has 3 aromatic rings. The monoisotopic (exact) mass is 395 g/mol. The zero-order chi connectivity index (χ0) is 20.9. The average Bonchev–Trinajstić information content (AvgIpc) is 2.68. The van der Waals surface area contributed by atoms with E-state index >= 15 is 4.39 Å². The molecule has 1 aliphatic rings. The highest BCUT2D eigenvalue weighted by molar-refractivity contribution is 6.03. The summed E-state index contributed by atoms with van der Waals surface area (Å²) in [5.41, 5.74) is 5.68. The first-order chi connectivity index (χ1) is 13.8. The Bertz CT molecular complexity index is 1220. The Morgan fingerprint density at radius 2 is 1.97 bits per heavy atom. The predicted molar refractivity (Wildman–Crippen MR) is 106 cm³/mol. The van der Waals surface area contributed by atoms with Gasteiger partial charge in [-0.3, -0.25) is 9.69 Å². The molecule has 0 aliphatic carbocycles. The van der Waals surface area contributed by atoms with Gasteiger partial charge in [0.15, 0.2) is 0 Å². The molecule has 1 aliphatic heterocycles. The maximum Gasteiger partial charge on any atom is 0.341 e. The van der Waals surface area contributed by atoms with Gasteiger partial charge in [0.25, 0.3) is 0 Å². The molecule has 8 heteroatoms. The smallest absolute Gasteiger partial charge is 0.341 e. The van der Waals surface area contributed by atoms with E-state index in [0.717, 1.165) is 11.0 Å². The summed E-state index contributed by atoms with van der Waals surface area (Å²) in [6.07, 6.45) is 2.29. The number of anilines is 2. The number of urea groups is 1. The van der Waals surface area contributed by atoms with E-state index in [1.165, 1.54) is 6.20 Å². The summed E-state index contributed by atoms with van der Waals surface area (Å²) in [5, 5.41) is 9.35. The number of para-hydroxylation sites is 1. The summed E-state index contributed by atoms with van der Waals surface area (Å²) in [4.78, 5) is 37.5. The number of nitrogens with zero attached hydrogens (tertiary/aromatic N) is 2. The molecule has 3 N–H and O–H groups in total. The number of carboxylic acids is 1. The van der Waals surface area contributed by atoms with Crippen LogP contribution in [-0.2, 0) is 6.42 Å². The van der Waals surface area contributed by atoms with Gasteiger partial charge in [-0.1, -0.05) is 18.2 Å². The third-order valence-corrected chi connectivity index (χ3v) is 5.32. The lowest BCUT2D eigenvalue weighted by molar-refractivity contribution is 0.0694. The third-order valence-electron chi connectivity index (χ3n) is 5.32. The van der Waals surface area contributed by atoms with Crippen molar-refractivity contribution in [1.29, 1.82) is 0 Å². The quantitative estimate of drug-likeness (QED) is 0.707. The van der Waals surface area contributed by atoms with Crippen LogP contribution in [0.25, 0.3) is 10.9 Å².